The summed E-state index contributed by atoms with van der Waals surface area (Å²) in [7, 11) is -3.65. The van der Waals surface area contributed by atoms with Crippen molar-refractivity contribution in [2.24, 2.45) is 5.92 Å². The van der Waals surface area contributed by atoms with Gasteiger partial charge in [-0.3, -0.25) is 0 Å². The maximum Gasteiger partial charge on any atom is 0.243 e. The van der Waals surface area contributed by atoms with E-state index in [0.29, 0.717) is 37.8 Å². The summed E-state index contributed by atoms with van der Waals surface area (Å²) >= 11 is 1.58. The van der Waals surface area contributed by atoms with Crippen molar-refractivity contribution in [3.05, 3.63) is 40.6 Å². The van der Waals surface area contributed by atoms with Crippen LogP contribution in [0.1, 0.15) is 11.5 Å². The molecule has 0 amide bonds. The molecule has 4 rings (SSSR count). The number of thiophene rings is 1. The third kappa shape index (κ3) is 3.03. The second-order valence-corrected chi connectivity index (χ2v) is 8.95. The van der Waals surface area contributed by atoms with Crippen molar-refractivity contribution < 1.29 is 23.0 Å². The van der Waals surface area contributed by atoms with Gasteiger partial charge in [0.15, 0.2) is 11.5 Å². The Kier molecular flexibility index (Phi) is 4.45. The Morgan fingerprint density at radius 2 is 1.96 bits per heavy atom. The van der Waals surface area contributed by atoms with Gasteiger partial charge in [0.05, 0.1) is 4.90 Å². The van der Waals surface area contributed by atoms with Gasteiger partial charge in [-0.1, -0.05) is 0 Å². The zero-order chi connectivity index (χ0) is 17.4. The Morgan fingerprint density at radius 3 is 2.68 bits per heavy atom. The van der Waals surface area contributed by atoms with Gasteiger partial charge in [-0.15, -0.1) is 0 Å². The summed E-state index contributed by atoms with van der Waals surface area (Å²) in [5.74, 6) is 0.945. The molecule has 2 aliphatic rings. The molecule has 1 aromatic heterocycles. The molecule has 134 valence electrons. The van der Waals surface area contributed by atoms with E-state index in [1.165, 1.54) is 10.4 Å². The monoisotopic (exact) mass is 381 g/mol. The maximum absolute atomic E-state index is 13.0. The molecule has 0 radical (unpaired) electrons. The first-order valence-electron chi connectivity index (χ1n) is 8.12. The summed E-state index contributed by atoms with van der Waals surface area (Å²) < 4.78 is 38.5. The minimum absolute atomic E-state index is 0.0169. The van der Waals surface area contributed by atoms with Crippen LogP contribution >= 0.6 is 11.3 Å². The highest BCUT2D eigenvalue weighted by Crippen LogP contribution is 2.38. The number of fused-ring (bicyclic) bond motifs is 1. The molecule has 0 saturated carbocycles. The molecule has 3 heterocycles. The minimum atomic E-state index is -3.65. The number of aliphatic hydroxyl groups is 1. The lowest BCUT2D eigenvalue weighted by atomic mass is 9.92. The summed E-state index contributed by atoms with van der Waals surface area (Å²) in [5, 5.41) is 13.7. The first-order valence-corrected chi connectivity index (χ1v) is 10.5. The number of benzene rings is 1. The lowest BCUT2D eigenvalue weighted by Crippen LogP contribution is -2.29. The fourth-order valence-electron chi connectivity index (χ4n) is 3.41. The Morgan fingerprint density at radius 1 is 1.16 bits per heavy atom. The molecule has 6 nitrogen and oxygen atoms in total. The Balaban J connectivity index is 1.62. The second-order valence-electron chi connectivity index (χ2n) is 6.23. The molecule has 2 aromatic rings. The van der Waals surface area contributed by atoms with Crippen LogP contribution in [0.4, 0.5) is 0 Å². The van der Waals surface area contributed by atoms with Gasteiger partial charge in [0.1, 0.15) is 13.2 Å². The second kappa shape index (κ2) is 6.60. The van der Waals surface area contributed by atoms with Crippen molar-refractivity contribution in [2.75, 3.05) is 32.9 Å². The number of sulfonamides is 1. The average Bonchev–Trinajstić information content (AvgIpc) is 3.30. The van der Waals surface area contributed by atoms with Gasteiger partial charge >= 0.3 is 0 Å². The van der Waals surface area contributed by atoms with Crippen LogP contribution in [-0.2, 0) is 10.0 Å². The average molecular weight is 381 g/mol. The summed E-state index contributed by atoms with van der Waals surface area (Å²) in [6, 6.07) is 6.71. The molecule has 0 aliphatic carbocycles. The highest BCUT2D eigenvalue weighted by atomic mass is 32.2. The van der Waals surface area contributed by atoms with Crippen molar-refractivity contribution in [1.29, 1.82) is 0 Å². The van der Waals surface area contributed by atoms with Crippen molar-refractivity contribution in [3.63, 3.8) is 0 Å². The molecule has 1 N–H and O–H groups in total. The van der Waals surface area contributed by atoms with E-state index in [1.54, 1.807) is 23.5 Å². The molecule has 8 heteroatoms. The lowest BCUT2D eigenvalue weighted by Gasteiger charge is -2.21. The Hall–Kier alpha value is -1.61. The summed E-state index contributed by atoms with van der Waals surface area (Å²) in [6.07, 6.45) is 0. The van der Waals surface area contributed by atoms with Crippen molar-refractivity contribution in [1.82, 2.24) is 4.31 Å². The number of rotatable bonds is 4. The fraction of sp³-hybridized carbons (Fsp3) is 0.412. The van der Waals surface area contributed by atoms with Crippen molar-refractivity contribution >= 4 is 21.4 Å². The number of ether oxygens (including phenoxy) is 2. The van der Waals surface area contributed by atoms with Crippen LogP contribution in [0.25, 0.3) is 0 Å². The molecule has 1 aromatic carbocycles. The molecule has 0 unspecified atom stereocenters. The van der Waals surface area contributed by atoms with Gasteiger partial charge in [0.25, 0.3) is 0 Å². The molecule has 25 heavy (non-hydrogen) atoms. The van der Waals surface area contributed by atoms with E-state index in [1.807, 2.05) is 16.8 Å². The number of nitrogens with zero attached hydrogens (tertiary/aromatic N) is 1. The molecular formula is C17H19NO5S2. The third-order valence-electron chi connectivity index (χ3n) is 4.76. The van der Waals surface area contributed by atoms with Crippen LogP contribution in [0.5, 0.6) is 11.5 Å². The lowest BCUT2D eigenvalue weighted by molar-refractivity contribution is 0.171. The van der Waals surface area contributed by atoms with Crippen LogP contribution in [-0.4, -0.2) is 50.7 Å². The largest absolute Gasteiger partial charge is 0.486 e. The van der Waals surface area contributed by atoms with Gasteiger partial charge in [-0.2, -0.15) is 15.6 Å². The van der Waals surface area contributed by atoms with Gasteiger partial charge in [-0.25, -0.2) is 8.42 Å². The smallest absolute Gasteiger partial charge is 0.243 e. The fourth-order valence-corrected chi connectivity index (χ4v) is 5.67. The maximum atomic E-state index is 13.0. The van der Waals surface area contributed by atoms with E-state index in [9.17, 15) is 13.5 Å². The topological polar surface area (TPSA) is 76.1 Å². The zero-order valence-corrected chi connectivity index (χ0v) is 15.1. The van der Waals surface area contributed by atoms with Crippen LogP contribution in [0.15, 0.2) is 39.9 Å². The van der Waals surface area contributed by atoms with Gasteiger partial charge in [-0.05, 0) is 34.5 Å². The van der Waals surface area contributed by atoms with Crippen LogP contribution in [0.2, 0.25) is 0 Å². The Bertz CT molecular complexity index is 850. The summed E-state index contributed by atoms with van der Waals surface area (Å²) in [5.41, 5.74) is 1.09. The molecule has 0 bridgehead atoms. The quantitative estimate of drug-likeness (QED) is 0.876. The molecular weight excluding hydrogens is 362 g/mol. The molecule has 0 spiro atoms. The Labute approximate surface area is 150 Å². The number of aliphatic hydroxyl groups excluding tert-OH is 1. The SMILES string of the molecule is O=S(=O)(c1ccc2c(c1)OCCO2)N1C[C@@H](CO)[C@H](c2ccsc2)C1. The van der Waals surface area contributed by atoms with E-state index in [-0.39, 0.29) is 23.3 Å². The van der Waals surface area contributed by atoms with Crippen molar-refractivity contribution in [2.45, 2.75) is 10.8 Å². The van der Waals surface area contributed by atoms with Crippen LogP contribution in [0.3, 0.4) is 0 Å². The molecule has 1 fully saturated rings. The minimum Gasteiger partial charge on any atom is -0.486 e. The molecule has 2 atom stereocenters. The highest BCUT2D eigenvalue weighted by Gasteiger charge is 2.40. The third-order valence-corrected chi connectivity index (χ3v) is 7.29. The zero-order valence-electron chi connectivity index (χ0n) is 13.5. The molecule has 2 aliphatic heterocycles. The van der Waals surface area contributed by atoms with Gasteiger partial charge in [0, 0.05) is 37.6 Å². The van der Waals surface area contributed by atoms with Crippen LogP contribution < -0.4 is 9.47 Å². The normalized spacial score (nSPS) is 23.7. The molecule has 1 saturated heterocycles. The predicted molar refractivity (Wildman–Crippen MR) is 93.8 cm³/mol. The van der Waals surface area contributed by atoms with E-state index in [0.717, 1.165) is 5.56 Å². The first kappa shape index (κ1) is 16.8. The van der Waals surface area contributed by atoms with Gasteiger partial charge in [0.2, 0.25) is 10.0 Å². The standard InChI is InChI=1S/C17H19NO5S2/c19-10-13-8-18(9-15(13)12-3-6-24-11-12)25(20,21)14-1-2-16-17(7-14)23-5-4-22-16/h1-3,6-7,11,13,15,19H,4-5,8-10H2/t13-,15-/m0/s1. The van der Waals surface area contributed by atoms with E-state index in [2.05, 4.69) is 0 Å². The predicted octanol–water partition coefficient (Wildman–Crippen LogP) is 1.92. The number of hydrogen-bond donors (Lipinski definition) is 1. The van der Waals surface area contributed by atoms with Crippen LogP contribution in [0, 0.1) is 5.92 Å². The summed E-state index contributed by atoms with van der Waals surface area (Å²) in [4.78, 5) is 0.194. The van der Waals surface area contributed by atoms with E-state index in [4.69, 9.17) is 9.47 Å². The van der Waals surface area contributed by atoms with E-state index >= 15 is 0 Å². The highest BCUT2D eigenvalue weighted by molar-refractivity contribution is 7.89. The first-order chi connectivity index (χ1) is 12.1. The summed E-state index contributed by atoms with van der Waals surface area (Å²) in [6.45, 7) is 1.53. The number of hydrogen-bond acceptors (Lipinski definition) is 6. The van der Waals surface area contributed by atoms with E-state index < -0.39 is 10.0 Å². The van der Waals surface area contributed by atoms with Gasteiger partial charge < -0.3 is 14.6 Å². The van der Waals surface area contributed by atoms with Crippen molar-refractivity contribution in [3.8, 4) is 11.5 Å².